The zero-order valence-corrected chi connectivity index (χ0v) is 17.8. The number of para-hydroxylation sites is 1. The number of rotatable bonds is 8. The third kappa shape index (κ3) is 6.23. The molecule has 2 aromatic rings. The van der Waals surface area contributed by atoms with Crippen LogP contribution >= 0.6 is 23.2 Å². The van der Waals surface area contributed by atoms with Gasteiger partial charge in [0.05, 0.1) is 13.1 Å². The Kier molecular flexibility index (Phi) is 8.30. The molecular formula is C21H25Cl2N3O2. The van der Waals surface area contributed by atoms with Gasteiger partial charge in [0, 0.05) is 28.8 Å². The standard InChI is InChI=1S/C21H25Cl2N3O2/c1-4-15-7-5-6-8-19(15)25-20(27)13-26(3)21(28)12-24-14(2)17-10-9-16(22)11-18(17)23/h5-11,14,24H,4,12-13H2,1-3H3,(H,25,27)/t14-/m0/s1. The minimum absolute atomic E-state index is 0.0192. The van der Waals surface area contributed by atoms with Gasteiger partial charge in [-0.15, -0.1) is 0 Å². The number of nitrogens with zero attached hydrogens (tertiary/aromatic N) is 1. The minimum atomic E-state index is -0.231. The van der Waals surface area contributed by atoms with E-state index in [9.17, 15) is 9.59 Å². The lowest BCUT2D eigenvalue weighted by Crippen LogP contribution is -2.40. The van der Waals surface area contributed by atoms with Crippen molar-refractivity contribution < 1.29 is 9.59 Å². The quantitative estimate of drug-likeness (QED) is 0.667. The summed E-state index contributed by atoms with van der Waals surface area (Å²) in [4.78, 5) is 26.0. The van der Waals surface area contributed by atoms with Gasteiger partial charge in [0.25, 0.3) is 0 Å². The molecule has 0 saturated carbocycles. The molecule has 2 amide bonds. The van der Waals surface area contributed by atoms with E-state index in [2.05, 4.69) is 10.6 Å². The van der Waals surface area contributed by atoms with E-state index < -0.39 is 0 Å². The highest BCUT2D eigenvalue weighted by Gasteiger charge is 2.16. The number of carbonyl (C=O) groups is 2. The molecule has 0 saturated heterocycles. The summed E-state index contributed by atoms with van der Waals surface area (Å²) in [7, 11) is 1.61. The topological polar surface area (TPSA) is 61.4 Å². The molecule has 7 heteroatoms. The first-order valence-electron chi connectivity index (χ1n) is 9.11. The lowest BCUT2D eigenvalue weighted by atomic mass is 10.1. The first-order valence-corrected chi connectivity index (χ1v) is 9.87. The Morgan fingerprint density at radius 3 is 2.54 bits per heavy atom. The number of carbonyl (C=O) groups excluding carboxylic acids is 2. The van der Waals surface area contributed by atoms with Crippen LogP contribution in [0.15, 0.2) is 42.5 Å². The molecule has 5 nitrogen and oxygen atoms in total. The molecule has 2 aromatic carbocycles. The van der Waals surface area contributed by atoms with Crippen molar-refractivity contribution in [3.05, 3.63) is 63.6 Å². The van der Waals surface area contributed by atoms with Crippen molar-refractivity contribution in [2.24, 2.45) is 0 Å². The van der Waals surface area contributed by atoms with Crippen LogP contribution in [0.4, 0.5) is 5.69 Å². The number of anilines is 1. The van der Waals surface area contributed by atoms with Crippen molar-refractivity contribution in [2.45, 2.75) is 26.3 Å². The first-order chi connectivity index (χ1) is 13.3. The van der Waals surface area contributed by atoms with Gasteiger partial charge in [-0.05, 0) is 42.7 Å². The fraction of sp³-hybridized carbons (Fsp3) is 0.333. The number of halogens is 2. The predicted octanol–water partition coefficient (Wildman–Crippen LogP) is 4.30. The largest absolute Gasteiger partial charge is 0.335 e. The molecule has 0 aliphatic heterocycles. The van der Waals surface area contributed by atoms with Gasteiger partial charge in [-0.2, -0.15) is 0 Å². The second-order valence-corrected chi connectivity index (χ2v) is 7.42. The Morgan fingerprint density at radius 2 is 1.86 bits per heavy atom. The molecule has 0 spiro atoms. The highest BCUT2D eigenvalue weighted by atomic mass is 35.5. The smallest absolute Gasteiger partial charge is 0.243 e. The molecule has 0 aliphatic carbocycles. The zero-order chi connectivity index (χ0) is 20.7. The molecule has 28 heavy (non-hydrogen) atoms. The van der Waals surface area contributed by atoms with Crippen LogP contribution in [0, 0.1) is 0 Å². The number of aryl methyl sites for hydroxylation is 1. The second-order valence-electron chi connectivity index (χ2n) is 6.58. The monoisotopic (exact) mass is 421 g/mol. The zero-order valence-electron chi connectivity index (χ0n) is 16.3. The normalized spacial score (nSPS) is 11.8. The van der Waals surface area contributed by atoms with Crippen molar-refractivity contribution in [3.8, 4) is 0 Å². The van der Waals surface area contributed by atoms with E-state index >= 15 is 0 Å². The Bertz CT molecular complexity index is 842. The van der Waals surface area contributed by atoms with E-state index in [1.165, 1.54) is 4.90 Å². The first kappa shape index (κ1) is 22.2. The van der Waals surface area contributed by atoms with Crippen LogP contribution in [0.3, 0.4) is 0 Å². The lowest BCUT2D eigenvalue weighted by Gasteiger charge is -2.20. The van der Waals surface area contributed by atoms with Gasteiger partial charge in [-0.25, -0.2) is 0 Å². The van der Waals surface area contributed by atoms with E-state index in [4.69, 9.17) is 23.2 Å². The average Bonchev–Trinajstić information content (AvgIpc) is 2.66. The van der Waals surface area contributed by atoms with Gasteiger partial charge < -0.3 is 15.5 Å². The SMILES string of the molecule is CCc1ccccc1NC(=O)CN(C)C(=O)CN[C@@H](C)c1ccc(Cl)cc1Cl. The van der Waals surface area contributed by atoms with Gasteiger partial charge in [-0.1, -0.05) is 54.4 Å². The Labute approximate surface area is 176 Å². The number of hydrogen-bond donors (Lipinski definition) is 2. The van der Waals surface area contributed by atoms with E-state index in [1.54, 1.807) is 19.2 Å². The molecule has 0 aromatic heterocycles. The maximum absolute atomic E-state index is 12.4. The summed E-state index contributed by atoms with van der Waals surface area (Å²) in [5.41, 5.74) is 2.69. The molecule has 2 N–H and O–H groups in total. The van der Waals surface area contributed by atoms with Crippen molar-refractivity contribution in [2.75, 3.05) is 25.5 Å². The molecule has 1 atom stereocenters. The second kappa shape index (κ2) is 10.5. The highest BCUT2D eigenvalue weighted by molar-refractivity contribution is 6.35. The predicted molar refractivity (Wildman–Crippen MR) is 115 cm³/mol. The van der Waals surface area contributed by atoms with Gasteiger partial charge in [-0.3, -0.25) is 9.59 Å². The van der Waals surface area contributed by atoms with Crippen LogP contribution in [0.25, 0.3) is 0 Å². The minimum Gasteiger partial charge on any atom is -0.335 e. The summed E-state index contributed by atoms with van der Waals surface area (Å²) in [6, 6.07) is 12.8. The molecule has 0 fully saturated rings. The third-order valence-electron chi connectivity index (χ3n) is 4.47. The van der Waals surface area contributed by atoms with Crippen LogP contribution in [-0.4, -0.2) is 36.9 Å². The number of likely N-dealkylation sites (N-methyl/N-ethyl adjacent to an activating group) is 1. The Morgan fingerprint density at radius 1 is 1.14 bits per heavy atom. The molecule has 0 unspecified atom stereocenters. The fourth-order valence-electron chi connectivity index (χ4n) is 2.78. The maximum Gasteiger partial charge on any atom is 0.243 e. The summed E-state index contributed by atoms with van der Waals surface area (Å²) < 4.78 is 0. The molecule has 2 rings (SSSR count). The van der Waals surface area contributed by atoms with E-state index in [0.717, 1.165) is 23.2 Å². The highest BCUT2D eigenvalue weighted by Crippen LogP contribution is 2.25. The summed E-state index contributed by atoms with van der Waals surface area (Å²) in [5.74, 6) is -0.415. The summed E-state index contributed by atoms with van der Waals surface area (Å²) in [6.07, 6.45) is 0.820. The van der Waals surface area contributed by atoms with Crippen LogP contribution < -0.4 is 10.6 Å². The van der Waals surface area contributed by atoms with Crippen LogP contribution in [-0.2, 0) is 16.0 Å². The summed E-state index contributed by atoms with van der Waals surface area (Å²) >= 11 is 12.1. The van der Waals surface area contributed by atoms with Crippen molar-refractivity contribution in [3.63, 3.8) is 0 Å². The molecule has 0 aliphatic rings. The molecule has 0 heterocycles. The van der Waals surface area contributed by atoms with Crippen LogP contribution in [0.1, 0.15) is 31.0 Å². The maximum atomic E-state index is 12.4. The number of hydrogen-bond acceptors (Lipinski definition) is 3. The molecular weight excluding hydrogens is 397 g/mol. The van der Waals surface area contributed by atoms with E-state index in [-0.39, 0.29) is 30.9 Å². The summed E-state index contributed by atoms with van der Waals surface area (Å²) in [5, 5.41) is 7.10. The number of amides is 2. The molecule has 150 valence electrons. The van der Waals surface area contributed by atoms with Gasteiger partial charge in [0.1, 0.15) is 0 Å². The average molecular weight is 422 g/mol. The van der Waals surface area contributed by atoms with Crippen molar-refractivity contribution in [1.29, 1.82) is 0 Å². The van der Waals surface area contributed by atoms with E-state index in [0.29, 0.717) is 10.0 Å². The lowest BCUT2D eigenvalue weighted by molar-refractivity contribution is -0.132. The molecule has 0 bridgehead atoms. The number of benzene rings is 2. The summed E-state index contributed by atoms with van der Waals surface area (Å²) in [6.45, 7) is 4.02. The van der Waals surface area contributed by atoms with Gasteiger partial charge in [0.2, 0.25) is 11.8 Å². The molecule has 0 radical (unpaired) electrons. The Hall–Kier alpha value is -2.08. The van der Waals surface area contributed by atoms with Crippen LogP contribution in [0.5, 0.6) is 0 Å². The van der Waals surface area contributed by atoms with Crippen LogP contribution in [0.2, 0.25) is 10.0 Å². The number of nitrogens with one attached hydrogen (secondary N) is 2. The van der Waals surface area contributed by atoms with E-state index in [1.807, 2.05) is 44.2 Å². The van der Waals surface area contributed by atoms with Crippen molar-refractivity contribution >= 4 is 40.7 Å². The van der Waals surface area contributed by atoms with Gasteiger partial charge >= 0.3 is 0 Å². The van der Waals surface area contributed by atoms with Gasteiger partial charge in [0.15, 0.2) is 0 Å². The third-order valence-corrected chi connectivity index (χ3v) is 5.03. The fourth-order valence-corrected chi connectivity index (χ4v) is 3.35. The Balaban J connectivity index is 1.85. The van der Waals surface area contributed by atoms with Crippen molar-refractivity contribution in [1.82, 2.24) is 10.2 Å².